The molecular weight excluding hydrogens is 432 g/mol. The fraction of sp³-hybridized carbons (Fsp3) is 0.500. The summed E-state index contributed by atoms with van der Waals surface area (Å²) in [6, 6.07) is 10.2. The summed E-state index contributed by atoms with van der Waals surface area (Å²) in [4.78, 5) is 31.5. The molecule has 2 aromatic rings. The summed E-state index contributed by atoms with van der Waals surface area (Å²) in [5.74, 6) is 0.00521. The lowest BCUT2D eigenvalue weighted by Crippen LogP contribution is -2.50. The molecule has 168 valence electrons. The van der Waals surface area contributed by atoms with Crippen molar-refractivity contribution in [2.45, 2.75) is 33.2 Å². The van der Waals surface area contributed by atoms with E-state index in [1.807, 2.05) is 17.0 Å². The zero-order chi connectivity index (χ0) is 22.6. The molecule has 2 heterocycles. The van der Waals surface area contributed by atoms with Crippen LogP contribution in [0.4, 0.5) is 0 Å². The van der Waals surface area contributed by atoms with Crippen LogP contribution in [-0.4, -0.2) is 60.8 Å². The Bertz CT molecular complexity index is 927. The van der Waals surface area contributed by atoms with Crippen LogP contribution >= 0.6 is 22.9 Å². The summed E-state index contributed by atoms with van der Waals surface area (Å²) >= 11 is 7.79. The number of ether oxygens (including phenoxy) is 1. The molecule has 0 radical (unpaired) electrons. The lowest BCUT2D eigenvalue weighted by Gasteiger charge is -2.39. The van der Waals surface area contributed by atoms with E-state index < -0.39 is 5.41 Å². The quantitative estimate of drug-likeness (QED) is 0.550. The topological polar surface area (TPSA) is 49.9 Å². The lowest BCUT2D eigenvalue weighted by molar-refractivity contribution is -0.146. The fourth-order valence-electron chi connectivity index (χ4n) is 4.01. The molecule has 3 rings (SSSR count). The van der Waals surface area contributed by atoms with Gasteiger partial charge in [0.15, 0.2) is 0 Å². The number of carbonyl (C=O) groups excluding carboxylic acids is 2. The van der Waals surface area contributed by atoms with Crippen molar-refractivity contribution < 1.29 is 14.3 Å². The summed E-state index contributed by atoms with van der Waals surface area (Å²) in [5.41, 5.74) is 2.73. The molecule has 0 saturated carbocycles. The number of nitrogens with zero attached hydrogens (tertiary/aromatic N) is 2. The first-order valence-corrected chi connectivity index (χ1v) is 12.0. The second-order valence-electron chi connectivity index (χ2n) is 8.63. The van der Waals surface area contributed by atoms with Gasteiger partial charge >= 0.3 is 0 Å². The Kier molecular flexibility index (Phi) is 7.78. The Morgan fingerprint density at radius 3 is 2.68 bits per heavy atom. The van der Waals surface area contributed by atoms with Crippen molar-refractivity contribution in [1.29, 1.82) is 0 Å². The van der Waals surface area contributed by atoms with Gasteiger partial charge in [0, 0.05) is 31.0 Å². The summed E-state index contributed by atoms with van der Waals surface area (Å²) in [6.45, 7) is 7.07. The smallest absolute Gasteiger partial charge is 0.242 e. The minimum atomic E-state index is -0.743. The van der Waals surface area contributed by atoms with E-state index in [9.17, 15) is 9.59 Å². The molecule has 31 heavy (non-hydrogen) atoms. The molecule has 0 spiro atoms. The predicted octanol–water partition coefficient (Wildman–Crippen LogP) is 4.27. The van der Waals surface area contributed by atoms with Crippen molar-refractivity contribution in [3.63, 3.8) is 0 Å². The van der Waals surface area contributed by atoms with Crippen LogP contribution in [0.3, 0.4) is 0 Å². The predicted molar refractivity (Wildman–Crippen MR) is 126 cm³/mol. The molecule has 1 unspecified atom stereocenters. The molecule has 1 aromatic carbocycles. The number of hydrogen-bond acceptors (Lipinski definition) is 4. The zero-order valence-corrected chi connectivity index (χ0v) is 20.3. The molecule has 0 aliphatic carbocycles. The molecule has 0 fully saturated rings. The van der Waals surface area contributed by atoms with E-state index in [0.717, 1.165) is 17.5 Å². The maximum atomic E-state index is 13.6. The average molecular weight is 463 g/mol. The van der Waals surface area contributed by atoms with Crippen molar-refractivity contribution in [3.05, 3.63) is 57.3 Å². The molecule has 2 amide bonds. The van der Waals surface area contributed by atoms with Crippen molar-refractivity contribution >= 4 is 34.8 Å². The van der Waals surface area contributed by atoms with Gasteiger partial charge < -0.3 is 14.5 Å². The molecule has 5 nitrogen and oxygen atoms in total. The highest BCUT2D eigenvalue weighted by molar-refractivity contribution is 7.10. The van der Waals surface area contributed by atoms with Gasteiger partial charge in [-0.1, -0.05) is 24.3 Å². The van der Waals surface area contributed by atoms with Crippen molar-refractivity contribution in [2.75, 3.05) is 39.2 Å². The first-order valence-electron chi connectivity index (χ1n) is 10.6. The van der Waals surface area contributed by atoms with E-state index in [1.54, 1.807) is 37.2 Å². The van der Waals surface area contributed by atoms with Gasteiger partial charge in [-0.2, -0.15) is 0 Å². The van der Waals surface area contributed by atoms with Crippen molar-refractivity contribution in [2.24, 2.45) is 5.41 Å². The number of carbonyl (C=O) groups is 2. The van der Waals surface area contributed by atoms with Crippen LogP contribution in [0.1, 0.15) is 41.5 Å². The molecule has 7 heteroatoms. The van der Waals surface area contributed by atoms with E-state index in [1.165, 1.54) is 10.4 Å². The lowest BCUT2D eigenvalue weighted by atomic mass is 9.90. The molecule has 0 saturated heterocycles. The SMILES string of the molecule is COCCN(CC(=O)N1CCc2sccc2C1c1ccccc1C)C(=O)C(C)(C)CCl. The summed E-state index contributed by atoms with van der Waals surface area (Å²) < 4.78 is 5.19. The Morgan fingerprint density at radius 1 is 1.26 bits per heavy atom. The molecule has 1 aliphatic heterocycles. The normalized spacial score (nSPS) is 16.2. The number of rotatable bonds is 8. The first kappa shape index (κ1) is 23.8. The van der Waals surface area contributed by atoms with Gasteiger partial charge in [-0.05, 0) is 55.3 Å². The van der Waals surface area contributed by atoms with Crippen LogP contribution in [0.25, 0.3) is 0 Å². The molecule has 1 aliphatic rings. The standard InChI is InChI=1S/C24H31ClN2O3S/c1-17-7-5-6-8-18(17)22-19-10-14-31-20(19)9-11-27(22)21(28)15-26(12-13-30-4)23(29)24(2,3)16-25/h5-8,10,14,22H,9,11-13,15-16H2,1-4H3. The fourth-order valence-corrected chi connectivity index (χ4v) is 5.03. The molecule has 1 atom stereocenters. The molecular formula is C24H31ClN2O3S. The molecule has 0 bridgehead atoms. The van der Waals surface area contributed by atoms with E-state index >= 15 is 0 Å². The van der Waals surface area contributed by atoms with E-state index in [0.29, 0.717) is 19.7 Å². The number of hydrogen-bond donors (Lipinski definition) is 0. The number of fused-ring (bicyclic) bond motifs is 1. The van der Waals surface area contributed by atoms with Crippen molar-refractivity contribution in [3.8, 4) is 0 Å². The highest BCUT2D eigenvalue weighted by Gasteiger charge is 2.37. The summed E-state index contributed by atoms with van der Waals surface area (Å²) in [6.07, 6.45) is 0.834. The Labute approximate surface area is 193 Å². The van der Waals surface area contributed by atoms with E-state index in [-0.39, 0.29) is 30.3 Å². The van der Waals surface area contributed by atoms with Gasteiger partial charge in [0.2, 0.25) is 11.8 Å². The number of amides is 2. The average Bonchev–Trinajstić information content (AvgIpc) is 3.24. The summed E-state index contributed by atoms with van der Waals surface area (Å²) in [7, 11) is 1.59. The number of aryl methyl sites for hydroxylation is 1. The second-order valence-corrected chi connectivity index (χ2v) is 9.90. The van der Waals surface area contributed by atoms with E-state index in [2.05, 4.69) is 30.5 Å². The largest absolute Gasteiger partial charge is 0.383 e. The van der Waals surface area contributed by atoms with Gasteiger partial charge in [-0.25, -0.2) is 0 Å². The zero-order valence-electron chi connectivity index (χ0n) is 18.7. The number of benzene rings is 1. The second kappa shape index (κ2) is 10.2. The Hall–Kier alpha value is -1.89. The third kappa shape index (κ3) is 5.13. The minimum Gasteiger partial charge on any atom is -0.383 e. The molecule has 1 aromatic heterocycles. The van der Waals surface area contributed by atoms with Gasteiger partial charge in [-0.15, -0.1) is 22.9 Å². The van der Waals surface area contributed by atoms with Gasteiger partial charge in [0.05, 0.1) is 24.6 Å². The van der Waals surface area contributed by atoms with Crippen LogP contribution in [0, 0.1) is 12.3 Å². The third-order valence-corrected chi connectivity index (χ3v) is 7.53. The van der Waals surface area contributed by atoms with Crippen LogP contribution in [0.2, 0.25) is 0 Å². The molecule has 0 N–H and O–H groups in total. The maximum absolute atomic E-state index is 13.6. The Morgan fingerprint density at radius 2 is 2.00 bits per heavy atom. The van der Waals surface area contributed by atoms with Crippen molar-refractivity contribution in [1.82, 2.24) is 9.80 Å². The monoisotopic (exact) mass is 462 g/mol. The van der Waals surface area contributed by atoms with Crippen LogP contribution in [0.5, 0.6) is 0 Å². The Balaban J connectivity index is 1.91. The number of methoxy groups -OCH3 is 1. The highest BCUT2D eigenvalue weighted by atomic mass is 35.5. The van der Waals surface area contributed by atoms with E-state index in [4.69, 9.17) is 16.3 Å². The van der Waals surface area contributed by atoms with Gasteiger partial charge in [0.25, 0.3) is 0 Å². The maximum Gasteiger partial charge on any atom is 0.242 e. The van der Waals surface area contributed by atoms with Gasteiger partial charge in [0.1, 0.15) is 0 Å². The number of alkyl halides is 1. The third-order valence-electron chi connectivity index (χ3n) is 5.86. The highest BCUT2D eigenvalue weighted by Crippen LogP contribution is 2.39. The number of halogens is 1. The van der Waals surface area contributed by atoms with Crippen LogP contribution < -0.4 is 0 Å². The summed E-state index contributed by atoms with van der Waals surface area (Å²) in [5, 5.41) is 2.10. The van der Waals surface area contributed by atoms with Gasteiger partial charge in [-0.3, -0.25) is 9.59 Å². The first-order chi connectivity index (χ1) is 14.8. The van der Waals surface area contributed by atoms with Crippen LogP contribution in [0.15, 0.2) is 35.7 Å². The number of thiophene rings is 1. The minimum absolute atomic E-state index is 0.0182. The van der Waals surface area contributed by atoms with Crippen LogP contribution in [-0.2, 0) is 20.7 Å².